The van der Waals surface area contributed by atoms with Crippen molar-refractivity contribution in [1.29, 1.82) is 0 Å². The Labute approximate surface area is 103 Å². The van der Waals surface area contributed by atoms with Crippen LogP contribution in [0.25, 0.3) is 0 Å². The fourth-order valence-electron chi connectivity index (χ4n) is 1.74. The van der Waals surface area contributed by atoms with E-state index in [9.17, 15) is 9.59 Å². The molecule has 0 radical (unpaired) electrons. The van der Waals surface area contributed by atoms with Crippen LogP contribution >= 0.6 is 11.3 Å². The van der Waals surface area contributed by atoms with E-state index in [1.54, 1.807) is 0 Å². The molecule has 3 N–H and O–H groups in total. The number of urea groups is 1. The van der Waals surface area contributed by atoms with Crippen LogP contribution in [0.5, 0.6) is 0 Å². The van der Waals surface area contributed by atoms with Crippen molar-refractivity contribution in [3.8, 4) is 0 Å². The molecule has 0 spiro atoms. The molecule has 2 heterocycles. The van der Waals surface area contributed by atoms with Crippen LogP contribution in [-0.2, 0) is 0 Å². The van der Waals surface area contributed by atoms with Crippen molar-refractivity contribution < 1.29 is 9.59 Å². The molecule has 1 aliphatic heterocycles. The van der Waals surface area contributed by atoms with Crippen molar-refractivity contribution in [3.05, 3.63) is 15.6 Å². The molecule has 1 fully saturated rings. The van der Waals surface area contributed by atoms with Crippen LogP contribution in [0.2, 0.25) is 0 Å². The molecule has 0 bridgehead atoms. The first kappa shape index (κ1) is 11.8. The van der Waals surface area contributed by atoms with E-state index >= 15 is 0 Å². The maximum absolute atomic E-state index is 11.9. The molecule has 1 aliphatic rings. The lowest BCUT2D eigenvalue weighted by atomic mass is 10.1. The summed E-state index contributed by atoms with van der Waals surface area (Å²) in [6.45, 7) is 4.65. The highest BCUT2D eigenvalue weighted by molar-refractivity contribution is 7.13. The summed E-state index contributed by atoms with van der Waals surface area (Å²) in [5.41, 5.74) is 5.84. The van der Waals surface area contributed by atoms with Gasteiger partial charge in [-0.05, 0) is 13.8 Å². The van der Waals surface area contributed by atoms with E-state index in [1.165, 1.54) is 16.2 Å². The molecule has 0 aliphatic carbocycles. The van der Waals surface area contributed by atoms with Gasteiger partial charge in [0, 0.05) is 13.1 Å². The van der Waals surface area contributed by atoms with Crippen LogP contribution in [0.1, 0.15) is 20.4 Å². The van der Waals surface area contributed by atoms with Crippen molar-refractivity contribution in [2.75, 3.05) is 13.1 Å². The van der Waals surface area contributed by atoms with Crippen molar-refractivity contribution in [2.24, 2.45) is 5.73 Å². The summed E-state index contributed by atoms with van der Waals surface area (Å²) in [6, 6.07) is -0.447. The van der Waals surface area contributed by atoms with Gasteiger partial charge in [0.25, 0.3) is 5.91 Å². The summed E-state index contributed by atoms with van der Waals surface area (Å²) in [4.78, 5) is 29.0. The average molecular weight is 254 g/mol. The first-order valence-electron chi connectivity index (χ1n) is 5.26. The monoisotopic (exact) mass is 254 g/mol. The summed E-state index contributed by atoms with van der Waals surface area (Å²) in [7, 11) is 0. The third-order valence-electron chi connectivity index (χ3n) is 2.64. The van der Waals surface area contributed by atoms with E-state index in [1.807, 2.05) is 13.8 Å². The fourth-order valence-corrected chi connectivity index (χ4v) is 2.57. The molecule has 17 heavy (non-hydrogen) atoms. The Morgan fingerprint density at radius 1 is 1.47 bits per heavy atom. The average Bonchev–Trinajstić information content (AvgIpc) is 2.49. The molecule has 1 aromatic heterocycles. The molecule has 1 aromatic rings. The number of hydrogen-bond donors (Lipinski definition) is 2. The van der Waals surface area contributed by atoms with Crippen molar-refractivity contribution in [3.63, 3.8) is 0 Å². The van der Waals surface area contributed by atoms with Gasteiger partial charge in [-0.15, -0.1) is 11.3 Å². The molecule has 0 aromatic carbocycles. The summed E-state index contributed by atoms with van der Waals surface area (Å²) in [5, 5.41) is 3.73. The maximum Gasteiger partial charge on any atom is 0.314 e. The van der Waals surface area contributed by atoms with Crippen molar-refractivity contribution >= 4 is 23.3 Å². The van der Waals surface area contributed by atoms with Crippen LogP contribution < -0.4 is 11.1 Å². The smallest absolute Gasteiger partial charge is 0.314 e. The summed E-state index contributed by atoms with van der Waals surface area (Å²) >= 11 is 1.38. The standard InChI is InChI=1S/C10H14N4O2S/c1-5-8(17-6(2)12-5)9(15)13-7-3-14(4-7)10(11)16/h7H,3-4H2,1-2H3,(H2,11,16)(H,13,15). The van der Waals surface area contributed by atoms with E-state index in [4.69, 9.17) is 5.73 Å². The zero-order chi connectivity index (χ0) is 12.6. The van der Waals surface area contributed by atoms with Gasteiger partial charge in [-0.25, -0.2) is 9.78 Å². The second-order valence-corrected chi connectivity index (χ2v) is 5.26. The molecule has 7 heteroatoms. The molecule has 6 nitrogen and oxygen atoms in total. The molecule has 1 saturated heterocycles. The first-order valence-corrected chi connectivity index (χ1v) is 6.08. The van der Waals surface area contributed by atoms with Crippen LogP contribution in [0, 0.1) is 13.8 Å². The van der Waals surface area contributed by atoms with Gasteiger partial charge in [0.05, 0.1) is 16.7 Å². The molecule has 0 saturated carbocycles. The second kappa shape index (κ2) is 4.33. The minimum absolute atomic E-state index is 0.00296. The van der Waals surface area contributed by atoms with E-state index in [0.717, 1.165) is 10.7 Å². The SMILES string of the molecule is Cc1nc(C)c(C(=O)NC2CN(C(N)=O)C2)s1. The van der Waals surface area contributed by atoms with E-state index < -0.39 is 6.03 Å². The lowest BCUT2D eigenvalue weighted by Crippen LogP contribution is -2.62. The van der Waals surface area contributed by atoms with Crippen LogP contribution in [0.4, 0.5) is 4.79 Å². The number of thiazole rings is 1. The van der Waals surface area contributed by atoms with Gasteiger partial charge >= 0.3 is 6.03 Å². The lowest BCUT2D eigenvalue weighted by Gasteiger charge is -2.38. The minimum Gasteiger partial charge on any atom is -0.351 e. The van der Waals surface area contributed by atoms with Crippen LogP contribution in [-0.4, -0.2) is 41.0 Å². The predicted octanol–water partition coefficient (Wildman–Crippen LogP) is 0.253. The number of aryl methyl sites for hydroxylation is 2. The molecular formula is C10H14N4O2S. The number of rotatable bonds is 2. The van der Waals surface area contributed by atoms with Crippen LogP contribution in [0.15, 0.2) is 0 Å². The topological polar surface area (TPSA) is 88.3 Å². The quantitative estimate of drug-likeness (QED) is 0.793. The van der Waals surface area contributed by atoms with Gasteiger partial charge in [-0.3, -0.25) is 4.79 Å². The fraction of sp³-hybridized carbons (Fsp3) is 0.500. The number of carbonyl (C=O) groups is 2. The molecule has 0 atom stereocenters. The van der Waals surface area contributed by atoms with E-state index in [2.05, 4.69) is 10.3 Å². The highest BCUT2D eigenvalue weighted by Crippen LogP contribution is 2.17. The Morgan fingerprint density at radius 2 is 2.12 bits per heavy atom. The summed E-state index contributed by atoms with van der Waals surface area (Å²) in [5.74, 6) is -0.123. The Balaban J connectivity index is 1.91. The third-order valence-corrected chi connectivity index (χ3v) is 3.71. The summed E-state index contributed by atoms with van der Waals surface area (Å²) < 4.78 is 0. The Hall–Kier alpha value is -1.63. The Morgan fingerprint density at radius 3 is 2.59 bits per heavy atom. The largest absolute Gasteiger partial charge is 0.351 e. The van der Waals surface area contributed by atoms with E-state index in [0.29, 0.717) is 18.0 Å². The van der Waals surface area contributed by atoms with Crippen molar-refractivity contribution in [2.45, 2.75) is 19.9 Å². The van der Waals surface area contributed by atoms with Gasteiger partial charge in [-0.2, -0.15) is 0 Å². The third kappa shape index (κ3) is 2.38. The van der Waals surface area contributed by atoms with Gasteiger partial charge in [0.1, 0.15) is 4.88 Å². The van der Waals surface area contributed by atoms with Crippen molar-refractivity contribution in [1.82, 2.24) is 15.2 Å². The normalized spacial score (nSPS) is 15.5. The minimum atomic E-state index is -0.444. The zero-order valence-corrected chi connectivity index (χ0v) is 10.5. The van der Waals surface area contributed by atoms with Crippen LogP contribution in [0.3, 0.4) is 0 Å². The molecule has 2 rings (SSSR count). The number of likely N-dealkylation sites (tertiary alicyclic amines) is 1. The Bertz CT molecular complexity index is 465. The highest BCUT2D eigenvalue weighted by atomic mass is 32.1. The first-order chi connectivity index (χ1) is 7.97. The number of carbonyl (C=O) groups excluding carboxylic acids is 2. The Kier molecular flexibility index (Phi) is 3.01. The number of amides is 3. The van der Waals surface area contributed by atoms with Gasteiger partial charge in [0.2, 0.25) is 0 Å². The molecule has 92 valence electrons. The lowest BCUT2D eigenvalue weighted by molar-refractivity contribution is 0.0864. The maximum atomic E-state index is 11.9. The second-order valence-electron chi connectivity index (χ2n) is 4.06. The highest BCUT2D eigenvalue weighted by Gasteiger charge is 2.31. The van der Waals surface area contributed by atoms with Gasteiger partial charge in [-0.1, -0.05) is 0 Å². The van der Waals surface area contributed by atoms with E-state index in [-0.39, 0.29) is 11.9 Å². The number of primary amides is 1. The van der Waals surface area contributed by atoms with Gasteiger partial charge < -0.3 is 16.0 Å². The molecule has 0 unspecified atom stereocenters. The number of aromatic nitrogens is 1. The number of hydrogen-bond acceptors (Lipinski definition) is 4. The number of nitrogens with zero attached hydrogens (tertiary/aromatic N) is 2. The summed E-state index contributed by atoms with van der Waals surface area (Å²) in [6.07, 6.45) is 0. The number of nitrogens with one attached hydrogen (secondary N) is 1. The molecule has 3 amide bonds. The molecular weight excluding hydrogens is 240 g/mol. The predicted molar refractivity (Wildman–Crippen MR) is 64.0 cm³/mol. The number of nitrogens with two attached hydrogens (primary N) is 1. The van der Waals surface area contributed by atoms with Gasteiger partial charge in [0.15, 0.2) is 0 Å². The zero-order valence-electron chi connectivity index (χ0n) is 9.69.